The van der Waals surface area contributed by atoms with Gasteiger partial charge in [0.25, 0.3) is 0 Å². The monoisotopic (exact) mass is 222 g/mol. The molecular weight excluding hydrogens is 208 g/mol. The molecule has 0 heterocycles. The molecule has 0 rings (SSSR count). The third-order valence-electron chi connectivity index (χ3n) is 1.10. The molecule has 0 aromatic carbocycles. The smallest absolute Gasteiger partial charge is 0.276 e. The molecule has 5 nitrogen and oxygen atoms in total. The van der Waals surface area contributed by atoms with Crippen molar-refractivity contribution in [3.63, 3.8) is 0 Å². The molecule has 0 N–H and O–H groups in total. The molecule has 0 spiro atoms. The molecule has 0 aliphatic carbocycles. The van der Waals surface area contributed by atoms with Crippen LogP contribution in [0.2, 0.25) is 0 Å². The molecule has 0 aromatic rings. The van der Waals surface area contributed by atoms with Crippen LogP contribution in [0.4, 0.5) is 0 Å². The summed E-state index contributed by atoms with van der Waals surface area (Å²) in [5, 5.41) is 0. The standard InChI is InChI=1S/C8H14O5S/c1-6(2)5-14(10,11)13-12-8(9)7(3)4/h6H,3,5H2,1-2,4H3. The molecule has 6 heteroatoms. The van der Waals surface area contributed by atoms with Crippen molar-refractivity contribution in [1.29, 1.82) is 0 Å². The van der Waals surface area contributed by atoms with Crippen molar-refractivity contribution >= 4 is 16.1 Å². The Balaban J connectivity index is 4.13. The lowest BCUT2D eigenvalue weighted by atomic mass is 10.3. The molecule has 0 fully saturated rings. The van der Waals surface area contributed by atoms with Crippen LogP contribution in [0.15, 0.2) is 12.2 Å². The van der Waals surface area contributed by atoms with Gasteiger partial charge < -0.3 is 0 Å². The quantitative estimate of drug-likeness (QED) is 0.394. The summed E-state index contributed by atoms with van der Waals surface area (Å²) >= 11 is 0. The summed E-state index contributed by atoms with van der Waals surface area (Å²) < 4.78 is 26.1. The van der Waals surface area contributed by atoms with Crippen LogP contribution in [0, 0.1) is 5.92 Å². The van der Waals surface area contributed by atoms with E-state index in [9.17, 15) is 13.2 Å². The highest BCUT2D eigenvalue weighted by molar-refractivity contribution is 7.86. The Bertz CT molecular complexity index is 315. The van der Waals surface area contributed by atoms with Crippen LogP contribution < -0.4 is 0 Å². The van der Waals surface area contributed by atoms with E-state index in [1.807, 2.05) is 0 Å². The van der Waals surface area contributed by atoms with Crippen molar-refractivity contribution in [3.05, 3.63) is 12.2 Å². The van der Waals surface area contributed by atoms with E-state index in [4.69, 9.17) is 0 Å². The minimum absolute atomic E-state index is 0.0738. The molecule has 0 aliphatic heterocycles. The van der Waals surface area contributed by atoms with Crippen molar-refractivity contribution in [3.8, 4) is 0 Å². The van der Waals surface area contributed by atoms with E-state index in [-0.39, 0.29) is 17.2 Å². The average molecular weight is 222 g/mol. The maximum absolute atomic E-state index is 11.0. The Labute approximate surface area is 83.8 Å². The third-order valence-corrected chi connectivity index (χ3v) is 2.45. The van der Waals surface area contributed by atoms with E-state index in [1.165, 1.54) is 6.92 Å². The highest BCUT2D eigenvalue weighted by Crippen LogP contribution is 2.04. The van der Waals surface area contributed by atoms with Crippen molar-refractivity contribution in [1.82, 2.24) is 0 Å². The lowest BCUT2D eigenvalue weighted by molar-refractivity contribution is -0.206. The van der Waals surface area contributed by atoms with Gasteiger partial charge in [-0.2, -0.15) is 8.42 Å². The molecule has 0 radical (unpaired) electrons. The first-order valence-corrected chi connectivity index (χ1v) is 5.61. The highest BCUT2D eigenvalue weighted by Gasteiger charge is 2.17. The number of rotatable bonds is 5. The summed E-state index contributed by atoms with van der Waals surface area (Å²) in [5.41, 5.74) is 0.0738. The Hall–Kier alpha value is -0.880. The van der Waals surface area contributed by atoms with Crippen LogP contribution in [0.1, 0.15) is 20.8 Å². The van der Waals surface area contributed by atoms with E-state index >= 15 is 0 Å². The summed E-state index contributed by atoms with van der Waals surface area (Å²) in [6.45, 7) is 8.08. The second-order valence-corrected chi connectivity index (χ2v) is 4.92. The Kier molecular flexibility index (Phi) is 4.79. The molecule has 82 valence electrons. The van der Waals surface area contributed by atoms with E-state index in [1.54, 1.807) is 13.8 Å². The summed E-state index contributed by atoms with van der Waals surface area (Å²) in [4.78, 5) is 14.8. The van der Waals surface area contributed by atoms with Crippen LogP contribution in [0.25, 0.3) is 0 Å². The van der Waals surface area contributed by atoms with Crippen LogP contribution in [0.5, 0.6) is 0 Å². The van der Waals surface area contributed by atoms with Gasteiger partial charge in [0.15, 0.2) is 0 Å². The molecule has 0 aliphatic rings. The fraction of sp³-hybridized carbons (Fsp3) is 0.625. The van der Waals surface area contributed by atoms with Crippen molar-refractivity contribution in [2.75, 3.05) is 5.75 Å². The highest BCUT2D eigenvalue weighted by atomic mass is 32.2. The van der Waals surface area contributed by atoms with Gasteiger partial charge in [-0.05, 0) is 12.8 Å². The van der Waals surface area contributed by atoms with E-state index in [0.29, 0.717) is 0 Å². The van der Waals surface area contributed by atoms with Gasteiger partial charge in [-0.1, -0.05) is 24.8 Å². The van der Waals surface area contributed by atoms with Crippen LogP contribution in [0.3, 0.4) is 0 Å². The fourth-order valence-corrected chi connectivity index (χ4v) is 1.63. The first-order valence-electron chi connectivity index (χ1n) is 4.03. The number of hydrogen-bond acceptors (Lipinski definition) is 5. The largest absolute Gasteiger partial charge is 0.369 e. The molecule has 0 amide bonds. The summed E-state index contributed by atoms with van der Waals surface area (Å²) in [7, 11) is -3.79. The lowest BCUT2D eigenvalue weighted by Crippen LogP contribution is -2.17. The van der Waals surface area contributed by atoms with E-state index in [2.05, 4.69) is 15.8 Å². The van der Waals surface area contributed by atoms with Crippen LogP contribution >= 0.6 is 0 Å². The average Bonchev–Trinajstić information content (AvgIpc) is 1.97. The molecule has 0 atom stereocenters. The first kappa shape index (κ1) is 13.1. The first-order chi connectivity index (χ1) is 6.24. The van der Waals surface area contributed by atoms with E-state index in [0.717, 1.165) is 0 Å². The summed E-state index contributed by atoms with van der Waals surface area (Å²) in [5.74, 6) is -1.18. The summed E-state index contributed by atoms with van der Waals surface area (Å²) in [6.07, 6.45) is 0. The van der Waals surface area contributed by atoms with Crippen LogP contribution in [-0.2, 0) is 24.1 Å². The zero-order chi connectivity index (χ0) is 11.4. The van der Waals surface area contributed by atoms with Crippen LogP contribution in [-0.4, -0.2) is 20.1 Å². The zero-order valence-electron chi connectivity index (χ0n) is 8.44. The SMILES string of the molecule is C=C(C)C(=O)OOS(=O)(=O)CC(C)C. The number of carbonyl (C=O) groups is 1. The third kappa shape index (κ3) is 5.71. The summed E-state index contributed by atoms with van der Waals surface area (Å²) in [6, 6.07) is 0. The Morgan fingerprint density at radius 1 is 1.43 bits per heavy atom. The van der Waals surface area contributed by atoms with Gasteiger partial charge in [0.1, 0.15) is 0 Å². The van der Waals surface area contributed by atoms with Gasteiger partial charge in [0.2, 0.25) is 0 Å². The number of hydrogen-bond donors (Lipinski definition) is 0. The van der Waals surface area contributed by atoms with Gasteiger partial charge in [-0.25, -0.2) is 4.79 Å². The lowest BCUT2D eigenvalue weighted by Gasteiger charge is -2.05. The van der Waals surface area contributed by atoms with Crippen molar-refractivity contribution < 1.29 is 22.4 Å². The van der Waals surface area contributed by atoms with Gasteiger partial charge >= 0.3 is 16.1 Å². The molecular formula is C8H14O5S. The van der Waals surface area contributed by atoms with E-state index < -0.39 is 16.1 Å². The second kappa shape index (κ2) is 5.11. The zero-order valence-corrected chi connectivity index (χ0v) is 9.26. The Morgan fingerprint density at radius 2 is 1.93 bits per heavy atom. The normalized spacial score (nSPS) is 11.4. The number of carbonyl (C=O) groups excluding carboxylic acids is 1. The molecule has 0 bridgehead atoms. The fourth-order valence-electron chi connectivity index (χ4n) is 0.590. The molecule has 0 aromatic heterocycles. The van der Waals surface area contributed by atoms with Gasteiger partial charge in [0, 0.05) is 5.57 Å². The van der Waals surface area contributed by atoms with Gasteiger partial charge in [-0.3, -0.25) is 4.89 Å². The predicted octanol–water partition coefficient (Wildman–Crippen LogP) is 1.02. The van der Waals surface area contributed by atoms with Gasteiger partial charge in [-0.15, -0.1) is 0 Å². The minimum atomic E-state index is -3.79. The second-order valence-electron chi connectivity index (χ2n) is 3.34. The molecule has 0 saturated carbocycles. The van der Waals surface area contributed by atoms with Crippen molar-refractivity contribution in [2.45, 2.75) is 20.8 Å². The van der Waals surface area contributed by atoms with Gasteiger partial charge in [0.05, 0.1) is 5.75 Å². The maximum Gasteiger partial charge on any atom is 0.369 e. The molecule has 0 saturated heterocycles. The predicted molar refractivity (Wildman–Crippen MR) is 50.6 cm³/mol. The van der Waals surface area contributed by atoms with Crippen molar-refractivity contribution in [2.24, 2.45) is 5.92 Å². The minimum Gasteiger partial charge on any atom is -0.276 e. The molecule has 14 heavy (non-hydrogen) atoms. The maximum atomic E-state index is 11.0. The topological polar surface area (TPSA) is 69.7 Å². The molecule has 0 unspecified atom stereocenters. The Morgan fingerprint density at radius 3 is 2.29 bits per heavy atom.